The fourth-order valence-electron chi connectivity index (χ4n) is 2.54. The number of nitrogens with one attached hydrogen (secondary N) is 1. The molecule has 2 amide bonds. The first-order valence-corrected chi connectivity index (χ1v) is 10.5. The zero-order chi connectivity index (χ0) is 21.2. The lowest BCUT2D eigenvalue weighted by Crippen LogP contribution is -2.33. The van der Waals surface area contributed by atoms with Crippen LogP contribution in [0.3, 0.4) is 0 Å². The molecule has 1 fully saturated rings. The van der Waals surface area contributed by atoms with E-state index < -0.39 is 22.9 Å². The first-order valence-electron chi connectivity index (χ1n) is 8.32. The minimum absolute atomic E-state index is 0.0297. The van der Waals surface area contributed by atoms with E-state index in [4.69, 9.17) is 11.6 Å². The van der Waals surface area contributed by atoms with Crippen molar-refractivity contribution >= 4 is 62.5 Å². The van der Waals surface area contributed by atoms with Crippen LogP contribution in [0.5, 0.6) is 0 Å². The summed E-state index contributed by atoms with van der Waals surface area (Å²) in [7, 11) is 0. The first kappa shape index (κ1) is 21.6. The number of alkyl halides is 3. The molecule has 154 valence electrons. The lowest BCUT2D eigenvalue weighted by atomic mass is 10.2. The maximum Gasteiger partial charge on any atom is 0.416 e. The van der Waals surface area contributed by atoms with Crippen molar-refractivity contribution in [1.29, 1.82) is 0 Å². The van der Waals surface area contributed by atoms with Crippen molar-refractivity contribution in [3.63, 3.8) is 0 Å². The number of amidine groups is 1. The predicted molar refractivity (Wildman–Crippen MR) is 108 cm³/mol. The van der Waals surface area contributed by atoms with Gasteiger partial charge in [0.1, 0.15) is 5.25 Å². The summed E-state index contributed by atoms with van der Waals surface area (Å²) < 4.78 is 38.6. The van der Waals surface area contributed by atoms with E-state index in [1.165, 1.54) is 16.2 Å². The number of aliphatic imine (C=N–C) groups is 1. The summed E-state index contributed by atoms with van der Waals surface area (Å²) in [4.78, 5) is 34.8. The summed E-state index contributed by atoms with van der Waals surface area (Å²) in [6, 6.07) is 2.65. The van der Waals surface area contributed by atoms with Crippen LogP contribution in [0.25, 0.3) is 0 Å². The van der Waals surface area contributed by atoms with Gasteiger partial charge in [-0.1, -0.05) is 23.4 Å². The Morgan fingerprint density at radius 3 is 2.79 bits per heavy atom. The van der Waals surface area contributed by atoms with E-state index in [0.717, 1.165) is 30.0 Å². The standard InChI is InChI=1S/C17H14ClF3N4O2S2/c1-2-25-14(27)12(29-16(25)24-15-22-5-6-28-15)8-13(26)23-11-7-9(17(19,20)21)3-4-10(11)18/h3-7,12H,2,8H2,1H3,(H,23,26)/b24-16+. The third kappa shape index (κ3) is 5.09. The van der Waals surface area contributed by atoms with E-state index in [-0.39, 0.29) is 23.0 Å². The summed E-state index contributed by atoms with van der Waals surface area (Å²) in [5, 5.41) is 4.26. The number of carbonyl (C=O) groups is 2. The molecule has 0 saturated carbocycles. The second-order valence-corrected chi connectivity index (χ2v) is 8.29. The molecule has 1 unspecified atom stereocenters. The van der Waals surface area contributed by atoms with Crippen molar-refractivity contribution in [3.8, 4) is 0 Å². The maximum atomic E-state index is 12.9. The Labute approximate surface area is 177 Å². The summed E-state index contributed by atoms with van der Waals surface area (Å²) in [5.74, 6) is -0.915. The van der Waals surface area contributed by atoms with Gasteiger partial charge in [-0.05, 0) is 25.1 Å². The maximum absolute atomic E-state index is 12.9. The minimum atomic E-state index is -4.57. The second-order valence-electron chi connectivity index (χ2n) is 5.84. The number of carbonyl (C=O) groups excluding carboxylic acids is 2. The molecule has 1 N–H and O–H groups in total. The monoisotopic (exact) mass is 462 g/mol. The van der Waals surface area contributed by atoms with Crippen molar-refractivity contribution < 1.29 is 22.8 Å². The largest absolute Gasteiger partial charge is 0.416 e. The molecule has 3 rings (SSSR count). The highest BCUT2D eigenvalue weighted by atomic mass is 35.5. The van der Waals surface area contributed by atoms with Crippen LogP contribution < -0.4 is 5.32 Å². The molecule has 29 heavy (non-hydrogen) atoms. The van der Waals surface area contributed by atoms with Crippen LogP contribution in [-0.2, 0) is 15.8 Å². The number of amides is 2. The highest BCUT2D eigenvalue weighted by molar-refractivity contribution is 8.15. The van der Waals surface area contributed by atoms with Crippen molar-refractivity contribution in [2.24, 2.45) is 4.99 Å². The van der Waals surface area contributed by atoms with Crippen molar-refractivity contribution in [2.75, 3.05) is 11.9 Å². The second kappa shape index (κ2) is 8.72. The third-order valence-electron chi connectivity index (χ3n) is 3.89. The Morgan fingerprint density at radius 2 is 2.17 bits per heavy atom. The molecule has 1 aromatic carbocycles. The number of anilines is 1. The summed E-state index contributed by atoms with van der Waals surface area (Å²) in [6.45, 7) is 2.15. The number of thioether (sulfide) groups is 1. The molecule has 1 aliphatic rings. The van der Waals surface area contributed by atoms with Gasteiger partial charge >= 0.3 is 6.18 Å². The van der Waals surface area contributed by atoms with Crippen LogP contribution in [0, 0.1) is 0 Å². The lowest BCUT2D eigenvalue weighted by Gasteiger charge is -2.13. The first-order chi connectivity index (χ1) is 13.7. The van der Waals surface area contributed by atoms with Crippen LogP contribution in [-0.4, -0.2) is 38.7 Å². The van der Waals surface area contributed by atoms with Crippen molar-refractivity contribution in [3.05, 3.63) is 40.4 Å². The van der Waals surface area contributed by atoms with Crippen molar-refractivity contribution in [1.82, 2.24) is 9.88 Å². The van der Waals surface area contributed by atoms with Gasteiger partial charge in [-0.25, -0.2) is 4.98 Å². The molecule has 0 spiro atoms. The molecule has 12 heteroatoms. The average Bonchev–Trinajstić information content (AvgIpc) is 3.24. The zero-order valence-electron chi connectivity index (χ0n) is 14.9. The fourth-order valence-corrected chi connectivity index (χ4v) is 4.47. The number of benzene rings is 1. The lowest BCUT2D eigenvalue weighted by molar-refractivity contribution is -0.137. The molecule has 1 aliphatic heterocycles. The molecular formula is C17H14ClF3N4O2S2. The Hall–Kier alpha value is -2.11. The molecule has 2 heterocycles. The molecule has 6 nitrogen and oxygen atoms in total. The molecule has 0 aliphatic carbocycles. The van der Waals surface area contributed by atoms with E-state index in [2.05, 4.69) is 15.3 Å². The van der Waals surface area contributed by atoms with Gasteiger partial charge in [-0.2, -0.15) is 18.2 Å². The van der Waals surface area contributed by atoms with Gasteiger partial charge in [0, 0.05) is 24.5 Å². The average molecular weight is 463 g/mol. The summed E-state index contributed by atoms with van der Waals surface area (Å²) >= 11 is 8.33. The number of thiazole rings is 1. The Balaban J connectivity index is 1.72. The van der Waals surface area contributed by atoms with Gasteiger partial charge in [-0.15, -0.1) is 11.3 Å². The van der Waals surface area contributed by atoms with Gasteiger partial charge in [0.2, 0.25) is 16.9 Å². The van der Waals surface area contributed by atoms with Crippen LogP contribution >= 0.6 is 34.7 Å². The molecule has 1 atom stereocenters. The van der Waals surface area contributed by atoms with Gasteiger partial charge < -0.3 is 5.32 Å². The Bertz CT molecular complexity index is 951. The molecule has 2 aromatic rings. The zero-order valence-corrected chi connectivity index (χ0v) is 17.3. The van der Waals surface area contributed by atoms with E-state index >= 15 is 0 Å². The quantitative estimate of drug-likeness (QED) is 0.693. The minimum Gasteiger partial charge on any atom is -0.325 e. The van der Waals surface area contributed by atoms with Crippen LogP contribution in [0.15, 0.2) is 34.8 Å². The summed E-state index contributed by atoms with van der Waals surface area (Å²) in [5.41, 5.74) is -1.09. The number of aromatic nitrogens is 1. The van der Waals surface area contributed by atoms with E-state index in [0.29, 0.717) is 16.8 Å². The normalized spacial score (nSPS) is 18.5. The van der Waals surface area contributed by atoms with E-state index in [9.17, 15) is 22.8 Å². The van der Waals surface area contributed by atoms with Crippen LogP contribution in [0.2, 0.25) is 5.02 Å². The van der Waals surface area contributed by atoms with Crippen molar-refractivity contribution in [2.45, 2.75) is 24.8 Å². The molecule has 1 aromatic heterocycles. The predicted octanol–water partition coefficient (Wildman–Crippen LogP) is 4.80. The Kier molecular flexibility index (Phi) is 6.49. The van der Waals surface area contributed by atoms with E-state index in [1.807, 2.05) is 0 Å². The number of halogens is 4. The van der Waals surface area contributed by atoms with Gasteiger partial charge in [0.05, 0.1) is 16.3 Å². The number of hydrogen-bond acceptors (Lipinski definition) is 6. The fraction of sp³-hybridized carbons (Fsp3) is 0.294. The third-order valence-corrected chi connectivity index (χ3v) is 6.06. The van der Waals surface area contributed by atoms with Gasteiger partial charge in [-0.3, -0.25) is 14.5 Å². The topological polar surface area (TPSA) is 74.7 Å². The molecular weight excluding hydrogens is 449 g/mol. The molecule has 0 radical (unpaired) electrons. The SMILES string of the molecule is CCN1C(=O)C(CC(=O)Nc2cc(C(F)(F)F)ccc2Cl)S/C1=N/c1nccs1. The highest BCUT2D eigenvalue weighted by Crippen LogP contribution is 2.35. The molecule has 0 bridgehead atoms. The van der Waals surface area contributed by atoms with Crippen LogP contribution in [0.4, 0.5) is 24.0 Å². The number of rotatable bonds is 5. The van der Waals surface area contributed by atoms with Gasteiger partial charge in [0.25, 0.3) is 0 Å². The number of hydrogen-bond donors (Lipinski definition) is 1. The number of nitrogens with zero attached hydrogens (tertiary/aromatic N) is 3. The highest BCUT2D eigenvalue weighted by Gasteiger charge is 2.38. The smallest absolute Gasteiger partial charge is 0.325 e. The van der Waals surface area contributed by atoms with Gasteiger partial charge in [0.15, 0.2) is 5.17 Å². The summed E-state index contributed by atoms with van der Waals surface area (Å²) in [6.07, 6.45) is -3.21. The van der Waals surface area contributed by atoms with Crippen LogP contribution in [0.1, 0.15) is 18.9 Å². The molecule has 1 saturated heterocycles. The Morgan fingerprint density at radius 1 is 1.41 bits per heavy atom. The van der Waals surface area contributed by atoms with E-state index in [1.54, 1.807) is 18.5 Å².